The molecule has 0 spiro atoms. The Labute approximate surface area is 103 Å². The quantitative estimate of drug-likeness (QED) is 0.635. The van der Waals surface area contributed by atoms with Gasteiger partial charge in [-0.05, 0) is 38.0 Å². The van der Waals surface area contributed by atoms with Gasteiger partial charge in [-0.1, -0.05) is 5.57 Å². The first-order valence-electron chi connectivity index (χ1n) is 5.41. The van der Waals surface area contributed by atoms with E-state index in [1.165, 1.54) is 0 Å². The first-order chi connectivity index (χ1) is 8.21. The third-order valence-electron chi connectivity index (χ3n) is 2.53. The van der Waals surface area contributed by atoms with Crippen LogP contribution in [-0.2, 0) is 6.18 Å². The van der Waals surface area contributed by atoms with Crippen molar-refractivity contribution in [2.24, 2.45) is 0 Å². The largest absolute Gasteiger partial charge is 0.416 e. The average molecular weight is 262 g/mol. The van der Waals surface area contributed by atoms with Crippen molar-refractivity contribution >= 4 is 0 Å². The minimum absolute atomic E-state index is 0.146. The first-order valence-corrected chi connectivity index (χ1v) is 5.41. The van der Waals surface area contributed by atoms with Crippen LogP contribution in [0, 0.1) is 5.82 Å². The zero-order chi connectivity index (χ0) is 13.9. The lowest BCUT2D eigenvalue weighted by Crippen LogP contribution is -2.08. The molecule has 0 amide bonds. The predicted molar refractivity (Wildman–Crippen MR) is 60.4 cm³/mol. The zero-order valence-electron chi connectivity index (χ0n) is 9.89. The third-order valence-corrected chi connectivity index (χ3v) is 2.53. The van der Waals surface area contributed by atoms with Gasteiger partial charge in [-0.25, -0.2) is 4.39 Å². The van der Waals surface area contributed by atoms with E-state index >= 15 is 0 Å². The van der Waals surface area contributed by atoms with E-state index in [9.17, 15) is 22.7 Å². The van der Waals surface area contributed by atoms with E-state index in [1.54, 1.807) is 6.92 Å². The van der Waals surface area contributed by atoms with Crippen LogP contribution in [-0.4, -0.2) is 5.11 Å². The molecule has 5 heteroatoms. The maximum atomic E-state index is 13.4. The van der Waals surface area contributed by atoms with E-state index in [-0.39, 0.29) is 12.0 Å². The highest BCUT2D eigenvalue weighted by Gasteiger charge is 2.31. The molecule has 1 nitrogen and oxygen atoms in total. The van der Waals surface area contributed by atoms with Crippen LogP contribution >= 0.6 is 0 Å². The smallest absolute Gasteiger partial charge is 0.388 e. The molecule has 0 radical (unpaired) electrons. The molecule has 0 saturated heterocycles. The molecule has 0 aliphatic heterocycles. The summed E-state index contributed by atoms with van der Waals surface area (Å²) in [4.78, 5) is 0. The van der Waals surface area contributed by atoms with Crippen molar-refractivity contribution < 1.29 is 22.7 Å². The van der Waals surface area contributed by atoms with Crippen molar-refractivity contribution in [2.75, 3.05) is 0 Å². The molecular weight excluding hydrogens is 248 g/mol. The number of benzene rings is 1. The maximum Gasteiger partial charge on any atom is 0.416 e. The van der Waals surface area contributed by atoms with Crippen LogP contribution in [0.15, 0.2) is 30.4 Å². The highest BCUT2D eigenvalue weighted by Crippen LogP contribution is 2.32. The van der Waals surface area contributed by atoms with Gasteiger partial charge in [0.25, 0.3) is 0 Å². The molecule has 1 aromatic rings. The second-order valence-corrected chi connectivity index (χ2v) is 4.25. The number of hydrogen-bond donors (Lipinski definition) is 1. The summed E-state index contributed by atoms with van der Waals surface area (Å²) in [6.45, 7) is 5.35. The third kappa shape index (κ3) is 3.84. The highest BCUT2D eigenvalue weighted by molar-refractivity contribution is 5.28. The van der Waals surface area contributed by atoms with E-state index in [2.05, 4.69) is 6.58 Å². The average Bonchev–Trinajstić information content (AvgIpc) is 2.24. The molecule has 1 rings (SSSR count). The fourth-order valence-electron chi connectivity index (χ4n) is 1.51. The fourth-order valence-corrected chi connectivity index (χ4v) is 1.51. The summed E-state index contributed by atoms with van der Waals surface area (Å²) in [6.07, 6.45) is -5.23. The molecule has 100 valence electrons. The van der Waals surface area contributed by atoms with Crippen LogP contribution in [0.1, 0.15) is 37.0 Å². The Bertz CT molecular complexity index is 437. The van der Waals surface area contributed by atoms with Gasteiger partial charge in [-0.3, -0.25) is 0 Å². The Balaban J connectivity index is 2.97. The van der Waals surface area contributed by atoms with Gasteiger partial charge < -0.3 is 5.11 Å². The molecule has 1 N–H and O–H groups in total. The Hall–Kier alpha value is -1.36. The Morgan fingerprint density at radius 1 is 1.39 bits per heavy atom. The fraction of sp³-hybridized carbons (Fsp3) is 0.385. The Morgan fingerprint density at radius 3 is 2.50 bits per heavy atom. The van der Waals surface area contributed by atoms with Gasteiger partial charge in [-0.15, -0.1) is 6.58 Å². The molecule has 0 aliphatic carbocycles. The Morgan fingerprint density at radius 2 is 2.00 bits per heavy atom. The van der Waals surface area contributed by atoms with Gasteiger partial charge in [0, 0.05) is 5.56 Å². The van der Waals surface area contributed by atoms with Gasteiger partial charge >= 0.3 is 6.18 Å². The van der Waals surface area contributed by atoms with Gasteiger partial charge in [0.2, 0.25) is 0 Å². The van der Waals surface area contributed by atoms with Crippen molar-refractivity contribution in [1.29, 1.82) is 0 Å². The van der Waals surface area contributed by atoms with E-state index in [1.807, 2.05) is 0 Å². The number of hydrogen-bond acceptors (Lipinski definition) is 1. The van der Waals surface area contributed by atoms with Crippen LogP contribution in [0.25, 0.3) is 0 Å². The summed E-state index contributed by atoms with van der Waals surface area (Å²) in [5.41, 5.74) is -0.513. The van der Waals surface area contributed by atoms with Gasteiger partial charge in [0.1, 0.15) is 5.82 Å². The molecule has 0 bridgehead atoms. The first kappa shape index (κ1) is 14.7. The van der Waals surface area contributed by atoms with E-state index in [4.69, 9.17) is 0 Å². The number of allylic oxidation sites excluding steroid dienone is 1. The molecule has 18 heavy (non-hydrogen) atoms. The summed E-state index contributed by atoms with van der Waals surface area (Å²) in [5, 5.41) is 9.69. The number of aliphatic hydroxyl groups is 1. The second-order valence-electron chi connectivity index (χ2n) is 4.25. The van der Waals surface area contributed by atoms with Gasteiger partial charge in [0.15, 0.2) is 0 Å². The molecule has 0 saturated carbocycles. The van der Waals surface area contributed by atoms with Gasteiger partial charge in [0.05, 0.1) is 11.7 Å². The van der Waals surface area contributed by atoms with Gasteiger partial charge in [-0.2, -0.15) is 13.2 Å². The normalized spacial score (nSPS) is 13.4. The van der Waals surface area contributed by atoms with E-state index in [0.29, 0.717) is 18.6 Å². The lowest BCUT2D eigenvalue weighted by Gasteiger charge is -2.14. The van der Waals surface area contributed by atoms with Crippen molar-refractivity contribution in [2.45, 2.75) is 32.0 Å². The van der Waals surface area contributed by atoms with Crippen molar-refractivity contribution in [3.05, 3.63) is 47.3 Å². The lowest BCUT2D eigenvalue weighted by molar-refractivity contribution is -0.137. The standard InChI is InChI=1S/C13H14F4O/c1-8(2)3-6-12(18)10-7-9(13(15,16)17)4-5-11(10)14/h4-5,7,12,18H,1,3,6H2,2H3. The molecule has 1 atom stereocenters. The SMILES string of the molecule is C=C(C)CCC(O)c1cc(C(F)(F)F)ccc1F. The predicted octanol–water partition coefficient (Wildman–Crippen LogP) is 4.23. The highest BCUT2D eigenvalue weighted by atomic mass is 19.4. The topological polar surface area (TPSA) is 20.2 Å². The number of aliphatic hydroxyl groups excluding tert-OH is 1. The van der Waals surface area contributed by atoms with Crippen molar-refractivity contribution in [3.8, 4) is 0 Å². The monoisotopic (exact) mass is 262 g/mol. The summed E-state index contributed by atoms with van der Waals surface area (Å²) >= 11 is 0. The number of halogens is 4. The molecule has 1 unspecified atom stereocenters. The molecule has 0 heterocycles. The molecule has 0 aromatic heterocycles. The minimum Gasteiger partial charge on any atom is -0.388 e. The minimum atomic E-state index is -4.55. The van der Waals surface area contributed by atoms with E-state index < -0.39 is 23.7 Å². The molecule has 0 aliphatic rings. The summed E-state index contributed by atoms with van der Waals surface area (Å²) in [6, 6.07) is 2.03. The van der Waals surface area contributed by atoms with Crippen LogP contribution in [0.3, 0.4) is 0 Å². The van der Waals surface area contributed by atoms with E-state index in [0.717, 1.165) is 11.6 Å². The lowest BCUT2D eigenvalue weighted by atomic mass is 10.00. The molecule has 1 aromatic carbocycles. The van der Waals surface area contributed by atoms with Crippen LogP contribution < -0.4 is 0 Å². The molecule has 0 fully saturated rings. The summed E-state index contributed by atoms with van der Waals surface area (Å²) < 4.78 is 50.8. The summed E-state index contributed by atoms with van der Waals surface area (Å²) in [7, 11) is 0. The summed E-state index contributed by atoms with van der Waals surface area (Å²) in [5.74, 6) is -0.836. The van der Waals surface area contributed by atoms with Crippen LogP contribution in [0.2, 0.25) is 0 Å². The second kappa shape index (κ2) is 5.52. The van der Waals surface area contributed by atoms with Crippen LogP contribution in [0.5, 0.6) is 0 Å². The number of alkyl halides is 3. The maximum absolute atomic E-state index is 13.4. The number of rotatable bonds is 4. The van der Waals surface area contributed by atoms with Crippen molar-refractivity contribution in [1.82, 2.24) is 0 Å². The van der Waals surface area contributed by atoms with Crippen molar-refractivity contribution in [3.63, 3.8) is 0 Å². The Kier molecular flexibility index (Phi) is 4.51. The zero-order valence-corrected chi connectivity index (χ0v) is 9.89. The molecular formula is C13H14F4O. The van der Waals surface area contributed by atoms with Crippen LogP contribution in [0.4, 0.5) is 17.6 Å².